The van der Waals surface area contributed by atoms with Crippen molar-refractivity contribution >= 4 is 0 Å². The van der Waals surface area contributed by atoms with Gasteiger partial charge in [0.15, 0.2) is 0 Å². The lowest BCUT2D eigenvalue weighted by Gasteiger charge is -1.99. The van der Waals surface area contributed by atoms with Crippen LogP contribution in [0.5, 0.6) is 0 Å². The number of aryl methyl sites for hydroxylation is 1. The van der Waals surface area contributed by atoms with Crippen LogP contribution in [0.15, 0.2) is 60.7 Å². The van der Waals surface area contributed by atoms with E-state index in [1.807, 2.05) is 37.3 Å². The van der Waals surface area contributed by atoms with E-state index in [-0.39, 0.29) is 11.1 Å². The van der Waals surface area contributed by atoms with Crippen molar-refractivity contribution in [3.63, 3.8) is 0 Å². The monoisotopic (exact) mass is 353 g/mol. The van der Waals surface area contributed by atoms with Gasteiger partial charge >= 0.3 is 0 Å². The molecule has 0 N–H and O–H groups in total. The van der Waals surface area contributed by atoms with Crippen molar-refractivity contribution in [3.8, 4) is 29.8 Å². The van der Waals surface area contributed by atoms with Crippen molar-refractivity contribution in [1.82, 2.24) is 0 Å². The van der Waals surface area contributed by atoms with Crippen molar-refractivity contribution in [3.05, 3.63) is 106 Å². The molecule has 0 aliphatic carbocycles. The molecule has 0 fully saturated rings. The third kappa shape index (κ3) is 4.60. The summed E-state index contributed by atoms with van der Waals surface area (Å²) in [6.07, 6.45) is 0. The molecular formula is C24H13F2N. The average Bonchev–Trinajstić information content (AvgIpc) is 2.69. The third-order valence-corrected chi connectivity index (χ3v) is 3.81. The molecule has 0 amide bonds. The van der Waals surface area contributed by atoms with Crippen LogP contribution >= 0.6 is 0 Å². The lowest BCUT2D eigenvalue weighted by molar-refractivity contribution is 0.594. The van der Waals surface area contributed by atoms with Crippen LogP contribution in [0.4, 0.5) is 8.78 Å². The Morgan fingerprint density at radius 1 is 0.630 bits per heavy atom. The summed E-state index contributed by atoms with van der Waals surface area (Å²) in [5, 5.41) is 8.77. The molecule has 0 heterocycles. The number of rotatable bonds is 0. The van der Waals surface area contributed by atoms with Crippen molar-refractivity contribution in [1.29, 1.82) is 5.26 Å². The number of hydrogen-bond acceptors (Lipinski definition) is 1. The molecule has 0 aromatic heterocycles. The van der Waals surface area contributed by atoms with E-state index >= 15 is 0 Å². The van der Waals surface area contributed by atoms with Gasteiger partial charge in [0.25, 0.3) is 0 Å². The van der Waals surface area contributed by atoms with E-state index in [0.29, 0.717) is 11.1 Å². The largest absolute Gasteiger partial charge is 0.206 e. The minimum Gasteiger partial charge on any atom is -0.206 e. The van der Waals surface area contributed by atoms with Crippen LogP contribution in [-0.2, 0) is 0 Å². The Balaban J connectivity index is 1.86. The number of nitriles is 1. The van der Waals surface area contributed by atoms with Gasteiger partial charge in [-0.15, -0.1) is 0 Å². The number of hydrogen-bond donors (Lipinski definition) is 0. The van der Waals surface area contributed by atoms with Gasteiger partial charge in [-0.25, -0.2) is 8.78 Å². The van der Waals surface area contributed by atoms with Crippen molar-refractivity contribution in [2.24, 2.45) is 0 Å². The number of benzene rings is 3. The number of halogens is 2. The second-order valence-corrected chi connectivity index (χ2v) is 5.87. The standard InChI is InChI=1S/C24H13F2N/c1-17-2-4-18(5-3-17)10-12-21-14-24(26)22(15-23(21)25)13-11-19-6-8-20(16-27)9-7-19/h2-9,14-15H,1H3. The molecule has 128 valence electrons. The summed E-state index contributed by atoms with van der Waals surface area (Å²) in [5.74, 6) is 9.61. The summed E-state index contributed by atoms with van der Waals surface area (Å²) in [6.45, 7) is 1.96. The normalized spacial score (nSPS) is 9.41. The maximum absolute atomic E-state index is 14.3. The summed E-state index contributed by atoms with van der Waals surface area (Å²) in [4.78, 5) is 0. The first-order valence-electron chi connectivity index (χ1n) is 8.15. The molecule has 0 spiro atoms. The molecule has 3 aromatic carbocycles. The lowest BCUT2D eigenvalue weighted by atomic mass is 10.1. The maximum atomic E-state index is 14.3. The van der Waals surface area contributed by atoms with Crippen LogP contribution in [0, 0.1) is 53.6 Å². The smallest absolute Gasteiger partial charge is 0.140 e. The SMILES string of the molecule is Cc1ccc(C#Cc2cc(F)c(C#Cc3ccc(C#N)cc3)cc2F)cc1. The van der Waals surface area contributed by atoms with Gasteiger partial charge in [-0.3, -0.25) is 0 Å². The highest BCUT2D eigenvalue weighted by atomic mass is 19.1. The zero-order valence-corrected chi connectivity index (χ0v) is 14.5. The molecule has 1 nitrogen and oxygen atoms in total. The van der Waals surface area contributed by atoms with Gasteiger partial charge in [0.1, 0.15) is 11.6 Å². The minimum atomic E-state index is -0.634. The molecule has 0 aliphatic rings. The first kappa shape index (κ1) is 17.9. The zero-order chi connectivity index (χ0) is 19.2. The fourth-order valence-corrected chi connectivity index (χ4v) is 2.28. The van der Waals surface area contributed by atoms with E-state index in [4.69, 9.17) is 5.26 Å². The predicted octanol–water partition coefficient (Wildman–Crippen LogP) is 4.94. The van der Waals surface area contributed by atoms with Crippen LogP contribution in [0.2, 0.25) is 0 Å². The van der Waals surface area contributed by atoms with Crippen molar-refractivity contribution < 1.29 is 8.78 Å². The molecule has 0 radical (unpaired) electrons. The maximum Gasteiger partial charge on any atom is 0.140 e. The van der Waals surface area contributed by atoms with Gasteiger partial charge in [-0.2, -0.15) is 5.26 Å². The Labute approximate surface area is 156 Å². The molecule has 3 aromatic rings. The molecule has 0 unspecified atom stereocenters. The van der Waals surface area contributed by atoms with E-state index in [2.05, 4.69) is 23.7 Å². The lowest BCUT2D eigenvalue weighted by Crippen LogP contribution is -1.92. The van der Waals surface area contributed by atoms with Crippen LogP contribution in [0.1, 0.15) is 33.4 Å². The van der Waals surface area contributed by atoms with Crippen LogP contribution in [0.25, 0.3) is 0 Å². The Kier molecular flexibility index (Phi) is 5.32. The Morgan fingerprint density at radius 2 is 1.04 bits per heavy atom. The van der Waals surface area contributed by atoms with E-state index in [0.717, 1.165) is 23.3 Å². The summed E-state index contributed by atoms with van der Waals surface area (Å²) in [5.41, 5.74) is 2.88. The zero-order valence-electron chi connectivity index (χ0n) is 14.5. The molecule has 0 saturated carbocycles. The summed E-state index contributed by atoms with van der Waals surface area (Å²) in [7, 11) is 0. The quantitative estimate of drug-likeness (QED) is 0.525. The van der Waals surface area contributed by atoms with E-state index in [1.54, 1.807) is 24.3 Å². The van der Waals surface area contributed by atoms with Crippen molar-refractivity contribution in [2.45, 2.75) is 6.92 Å². The summed E-state index contributed by atoms with van der Waals surface area (Å²) >= 11 is 0. The van der Waals surface area contributed by atoms with Gasteiger partial charge in [0, 0.05) is 11.1 Å². The topological polar surface area (TPSA) is 23.8 Å². The first-order chi connectivity index (χ1) is 13.0. The molecule has 0 bridgehead atoms. The average molecular weight is 353 g/mol. The molecule has 0 atom stereocenters. The van der Waals surface area contributed by atoms with Gasteiger partial charge < -0.3 is 0 Å². The van der Waals surface area contributed by atoms with Gasteiger partial charge in [0.05, 0.1) is 22.8 Å². The second-order valence-electron chi connectivity index (χ2n) is 5.87. The Hall–Kier alpha value is -3.87. The summed E-state index contributed by atoms with van der Waals surface area (Å²) < 4.78 is 28.5. The van der Waals surface area contributed by atoms with Gasteiger partial charge in [-0.1, -0.05) is 41.4 Å². The highest BCUT2D eigenvalue weighted by molar-refractivity contribution is 5.50. The van der Waals surface area contributed by atoms with Gasteiger partial charge in [-0.05, 0) is 55.5 Å². The number of nitrogens with zero attached hydrogens (tertiary/aromatic N) is 1. The van der Waals surface area contributed by atoms with Crippen LogP contribution < -0.4 is 0 Å². The second kappa shape index (κ2) is 8.01. The van der Waals surface area contributed by atoms with Gasteiger partial charge in [0.2, 0.25) is 0 Å². The van der Waals surface area contributed by atoms with Crippen LogP contribution in [0.3, 0.4) is 0 Å². The molecular weight excluding hydrogens is 340 g/mol. The predicted molar refractivity (Wildman–Crippen MR) is 101 cm³/mol. The molecule has 3 rings (SSSR count). The van der Waals surface area contributed by atoms with E-state index in [9.17, 15) is 8.78 Å². The summed E-state index contributed by atoms with van der Waals surface area (Å²) in [6, 6.07) is 18.1. The van der Waals surface area contributed by atoms with E-state index < -0.39 is 11.6 Å². The molecule has 0 saturated heterocycles. The Morgan fingerprint density at radius 3 is 1.48 bits per heavy atom. The molecule has 0 aliphatic heterocycles. The third-order valence-electron chi connectivity index (χ3n) is 3.81. The Bertz CT molecular complexity index is 1140. The fraction of sp³-hybridized carbons (Fsp3) is 0.0417. The molecule has 27 heavy (non-hydrogen) atoms. The minimum absolute atomic E-state index is 0.0167. The van der Waals surface area contributed by atoms with Crippen molar-refractivity contribution in [2.75, 3.05) is 0 Å². The molecule has 3 heteroatoms. The fourth-order valence-electron chi connectivity index (χ4n) is 2.28. The van der Waals surface area contributed by atoms with E-state index in [1.165, 1.54) is 0 Å². The first-order valence-corrected chi connectivity index (χ1v) is 8.15. The highest BCUT2D eigenvalue weighted by Crippen LogP contribution is 2.14. The highest BCUT2D eigenvalue weighted by Gasteiger charge is 2.07. The van der Waals surface area contributed by atoms with Crippen LogP contribution in [-0.4, -0.2) is 0 Å².